The van der Waals surface area contributed by atoms with Crippen LogP contribution in [0.15, 0.2) is 18.2 Å². The van der Waals surface area contributed by atoms with Crippen LogP contribution >= 0.6 is 0 Å². The van der Waals surface area contributed by atoms with Crippen LogP contribution in [-0.2, 0) is 4.79 Å². The molecule has 0 fully saturated rings. The molecule has 1 rings (SSSR count). The van der Waals surface area contributed by atoms with Crippen molar-refractivity contribution < 1.29 is 14.0 Å². The van der Waals surface area contributed by atoms with Gasteiger partial charge in [0.1, 0.15) is 18.4 Å². The molecule has 14 heavy (non-hydrogen) atoms. The summed E-state index contributed by atoms with van der Waals surface area (Å²) in [4.78, 5) is 20.2. The number of carbonyl (C=O) groups is 2. The van der Waals surface area contributed by atoms with Crippen molar-refractivity contribution in [2.45, 2.75) is 6.42 Å². The zero-order valence-corrected chi connectivity index (χ0v) is 7.29. The van der Waals surface area contributed by atoms with Gasteiger partial charge < -0.3 is 4.79 Å². The van der Waals surface area contributed by atoms with Gasteiger partial charge in [0.2, 0.25) is 0 Å². The van der Waals surface area contributed by atoms with Gasteiger partial charge in [0.15, 0.2) is 0 Å². The molecule has 0 saturated carbocycles. The molecule has 0 unspecified atom stereocenters. The standard InChI is InChI=1S/C11H7FO2/c12-11-7-9(8-14)4-5-10(11)3-1-2-6-13/h4-8H,2H2. The topological polar surface area (TPSA) is 34.1 Å². The molecule has 0 aromatic heterocycles. The van der Waals surface area contributed by atoms with Gasteiger partial charge in [-0.2, -0.15) is 0 Å². The lowest BCUT2D eigenvalue weighted by Crippen LogP contribution is -1.87. The Kier molecular flexibility index (Phi) is 3.57. The average Bonchev–Trinajstić information content (AvgIpc) is 2.20. The molecule has 2 nitrogen and oxygen atoms in total. The van der Waals surface area contributed by atoms with Crippen LogP contribution in [0.4, 0.5) is 4.39 Å². The Morgan fingerprint density at radius 3 is 2.71 bits per heavy atom. The lowest BCUT2D eigenvalue weighted by molar-refractivity contribution is -0.107. The molecule has 0 saturated heterocycles. The van der Waals surface area contributed by atoms with E-state index in [2.05, 4.69) is 11.8 Å². The third-order valence-electron chi connectivity index (χ3n) is 1.54. The second kappa shape index (κ2) is 4.93. The van der Waals surface area contributed by atoms with E-state index in [9.17, 15) is 14.0 Å². The van der Waals surface area contributed by atoms with Crippen molar-refractivity contribution in [2.75, 3.05) is 0 Å². The summed E-state index contributed by atoms with van der Waals surface area (Å²) in [6.45, 7) is 0. The molecule has 0 amide bonds. The fourth-order valence-electron chi connectivity index (χ4n) is 0.894. The van der Waals surface area contributed by atoms with Crippen molar-refractivity contribution in [3.63, 3.8) is 0 Å². The van der Waals surface area contributed by atoms with Crippen molar-refractivity contribution in [3.05, 3.63) is 35.1 Å². The molecule has 0 radical (unpaired) electrons. The minimum Gasteiger partial charge on any atom is -0.302 e. The maximum atomic E-state index is 13.1. The predicted octanol–water partition coefficient (Wildman–Crippen LogP) is 1.58. The number of rotatable bonds is 2. The molecule has 0 bridgehead atoms. The molecule has 0 N–H and O–H groups in total. The van der Waals surface area contributed by atoms with E-state index < -0.39 is 5.82 Å². The van der Waals surface area contributed by atoms with Gasteiger partial charge in [0, 0.05) is 5.56 Å². The van der Waals surface area contributed by atoms with Crippen LogP contribution in [0.25, 0.3) is 0 Å². The number of aldehydes is 2. The molecule has 70 valence electrons. The molecule has 0 aliphatic heterocycles. The van der Waals surface area contributed by atoms with E-state index in [4.69, 9.17) is 0 Å². The Bertz CT molecular complexity index is 413. The summed E-state index contributed by atoms with van der Waals surface area (Å²) in [5.41, 5.74) is 0.459. The summed E-state index contributed by atoms with van der Waals surface area (Å²) in [5, 5.41) is 0. The Labute approximate surface area is 80.7 Å². The van der Waals surface area contributed by atoms with Crippen LogP contribution in [0.3, 0.4) is 0 Å². The normalized spacial score (nSPS) is 8.64. The molecule has 0 heterocycles. The van der Waals surface area contributed by atoms with Gasteiger partial charge in [-0.1, -0.05) is 17.9 Å². The second-order valence-electron chi connectivity index (χ2n) is 2.53. The van der Waals surface area contributed by atoms with E-state index in [-0.39, 0.29) is 17.5 Å². The van der Waals surface area contributed by atoms with Gasteiger partial charge in [-0.15, -0.1) is 0 Å². The highest BCUT2D eigenvalue weighted by atomic mass is 19.1. The Morgan fingerprint density at radius 1 is 1.36 bits per heavy atom. The monoisotopic (exact) mass is 190 g/mol. The van der Waals surface area contributed by atoms with E-state index in [1.807, 2.05) is 0 Å². The van der Waals surface area contributed by atoms with E-state index in [0.717, 1.165) is 6.07 Å². The molecule has 1 aromatic carbocycles. The Balaban J connectivity index is 2.96. The minimum absolute atomic E-state index is 0.0782. The van der Waals surface area contributed by atoms with Crippen molar-refractivity contribution >= 4 is 12.6 Å². The summed E-state index contributed by atoms with van der Waals surface area (Å²) >= 11 is 0. The van der Waals surface area contributed by atoms with Crippen molar-refractivity contribution in [2.24, 2.45) is 0 Å². The second-order valence-corrected chi connectivity index (χ2v) is 2.53. The SMILES string of the molecule is O=CCC#Cc1ccc(C=O)cc1F. The van der Waals surface area contributed by atoms with E-state index >= 15 is 0 Å². The molecular weight excluding hydrogens is 183 g/mol. The molecule has 3 heteroatoms. The molecule has 1 aromatic rings. The van der Waals surface area contributed by atoms with E-state index in [1.54, 1.807) is 0 Å². The number of hydrogen-bond acceptors (Lipinski definition) is 2. The third kappa shape index (κ3) is 2.53. The molecule has 0 atom stereocenters. The van der Waals surface area contributed by atoms with E-state index in [1.165, 1.54) is 12.1 Å². The fourth-order valence-corrected chi connectivity index (χ4v) is 0.894. The quantitative estimate of drug-likeness (QED) is 0.524. The third-order valence-corrected chi connectivity index (χ3v) is 1.54. The van der Waals surface area contributed by atoms with Crippen LogP contribution in [-0.4, -0.2) is 12.6 Å². The van der Waals surface area contributed by atoms with Crippen molar-refractivity contribution in [3.8, 4) is 11.8 Å². The van der Waals surface area contributed by atoms with Gasteiger partial charge in [0.05, 0.1) is 12.0 Å². The fraction of sp³-hybridized carbons (Fsp3) is 0.0909. The Hall–Kier alpha value is -1.95. The highest BCUT2D eigenvalue weighted by Crippen LogP contribution is 2.07. The van der Waals surface area contributed by atoms with Crippen LogP contribution < -0.4 is 0 Å². The lowest BCUT2D eigenvalue weighted by atomic mass is 10.1. The number of carbonyl (C=O) groups excluding carboxylic acids is 2. The van der Waals surface area contributed by atoms with Gasteiger partial charge in [-0.3, -0.25) is 4.79 Å². The summed E-state index contributed by atoms with van der Waals surface area (Å²) < 4.78 is 13.1. The summed E-state index contributed by atoms with van der Waals surface area (Å²) in [6.07, 6.45) is 1.28. The molecule has 0 aliphatic carbocycles. The first-order valence-electron chi connectivity index (χ1n) is 3.95. The van der Waals surface area contributed by atoms with Crippen LogP contribution in [0.2, 0.25) is 0 Å². The van der Waals surface area contributed by atoms with Crippen molar-refractivity contribution in [1.29, 1.82) is 0 Å². The number of halogens is 1. The summed E-state index contributed by atoms with van der Waals surface area (Å²) in [7, 11) is 0. The first-order valence-corrected chi connectivity index (χ1v) is 3.95. The van der Waals surface area contributed by atoms with Crippen LogP contribution in [0.1, 0.15) is 22.3 Å². The summed E-state index contributed by atoms with van der Waals surface area (Å²) in [5.74, 6) is 4.43. The highest BCUT2D eigenvalue weighted by molar-refractivity contribution is 5.75. The minimum atomic E-state index is -0.548. The lowest BCUT2D eigenvalue weighted by Gasteiger charge is -1.94. The predicted molar refractivity (Wildman–Crippen MR) is 49.3 cm³/mol. The van der Waals surface area contributed by atoms with Gasteiger partial charge >= 0.3 is 0 Å². The molecular formula is C11H7FO2. The van der Waals surface area contributed by atoms with Gasteiger partial charge in [0.25, 0.3) is 0 Å². The smallest absolute Gasteiger partial charge is 0.150 e. The first-order chi connectivity index (χ1) is 6.77. The zero-order chi connectivity index (χ0) is 10.4. The maximum absolute atomic E-state index is 13.1. The van der Waals surface area contributed by atoms with Crippen molar-refractivity contribution in [1.82, 2.24) is 0 Å². The zero-order valence-electron chi connectivity index (χ0n) is 7.29. The van der Waals surface area contributed by atoms with Gasteiger partial charge in [-0.05, 0) is 12.1 Å². The maximum Gasteiger partial charge on any atom is 0.150 e. The molecule has 0 spiro atoms. The van der Waals surface area contributed by atoms with Gasteiger partial charge in [-0.25, -0.2) is 4.39 Å². The highest BCUT2D eigenvalue weighted by Gasteiger charge is 1.99. The summed E-state index contributed by atoms with van der Waals surface area (Å²) in [6, 6.07) is 4.00. The van der Waals surface area contributed by atoms with E-state index in [0.29, 0.717) is 12.6 Å². The largest absolute Gasteiger partial charge is 0.302 e. The Morgan fingerprint density at radius 2 is 2.14 bits per heavy atom. The first kappa shape index (κ1) is 10.1. The number of benzene rings is 1. The van der Waals surface area contributed by atoms with Crippen LogP contribution in [0.5, 0.6) is 0 Å². The number of hydrogen-bond donors (Lipinski definition) is 0. The average molecular weight is 190 g/mol. The molecule has 0 aliphatic rings. The van der Waals surface area contributed by atoms with Crippen LogP contribution in [0, 0.1) is 17.7 Å².